The molecule has 120 valence electrons. The van der Waals surface area contributed by atoms with Crippen LogP contribution >= 0.6 is 11.8 Å². The van der Waals surface area contributed by atoms with Crippen molar-refractivity contribution in [2.24, 2.45) is 0 Å². The van der Waals surface area contributed by atoms with Crippen LogP contribution in [0.25, 0.3) is 6.08 Å². The maximum absolute atomic E-state index is 11.3. The number of thioether (sulfide) groups is 1. The maximum atomic E-state index is 11.3. The molecule has 8 nitrogen and oxygen atoms in total. The second-order valence-electron chi connectivity index (χ2n) is 4.37. The van der Waals surface area contributed by atoms with Crippen molar-refractivity contribution >= 4 is 29.8 Å². The summed E-state index contributed by atoms with van der Waals surface area (Å²) in [6, 6.07) is 6.39. The smallest absolute Gasteiger partial charge is 0.342 e. The third-order valence-electron chi connectivity index (χ3n) is 2.53. The Hall–Kier alpha value is -2.81. The fourth-order valence-corrected chi connectivity index (χ4v) is 2.31. The molecule has 0 radical (unpaired) electrons. The zero-order valence-electron chi connectivity index (χ0n) is 12.0. The normalized spacial score (nSPS) is 11.3. The molecule has 0 saturated heterocycles. The Morgan fingerprint density at radius 3 is 2.52 bits per heavy atom. The van der Waals surface area contributed by atoms with E-state index in [0.717, 1.165) is 11.8 Å². The van der Waals surface area contributed by atoms with Crippen LogP contribution in [0, 0.1) is 6.92 Å². The van der Waals surface area contributed by atoms with Gasteiger partial charge in [-0.25, -0.2) is 14.6 Å². The van der Waals surface area contributed by atoms with Gasteiger partial charge in [-0.3, -0.25) is 5.10 Å². The van der Waals surface area contributed by atoms with Gasteiger partial charge < -0.3 is 14.9 Å². The molecule has 3 N–H and O–H groups in total. The van der Waals surface area contributed by atoms with Crippen molar-refractivity contribution in [1.29, 1.82) is 0 Å². The molecule has 0 aliphatic carbocycles. The lowest BCUT2D eigenvalue weighted by Gasteiger charge is -2.04. The lowest BCUT2D eigenvalue weighted by atomic mass is 10.2. The number of ether oxygens (including phenoxy) is 1. The summed E-state index contributed by atoms with van der Waals surface area (Å²) >= 11 is 0.930. The molecule has 0 fully saturated rings. The number of rotatable bonds is 7. The molecule has 0 saturated carbocycles. The van der Waals surface area contributed by atoms with Crippen molar-refractivity contribution in [3.63, 3.8) is 0 Å². The molecular formula is C14H13N3O5S. The number of aromatic amines is 1. The van der Waals surface area contributed by atoms with Gasteiger partial charge in [0.15, 0.2) is 6.61 Å². The zero-order valence-corrected chi connectivity index (χ0v) is 12.8. The first-order valence-corrected chi connectivity index (χ1v) is 7.22. The third-order valence-corrected chi connectivity index (χ3v) is 3.41. The van der Waals surface area contributed by atoms with Crippen LogP contribution in [0.2, 0.25) is 0 Å². The summed E-state index contributed by atoms with van der Waals surface area (Å²) < 4.78 is 5.01. The van der Waals surface area contributed by atoms with Crippen LogP contribution in [-0.2, 0) is 9.59 Å². The standard InChI is InChI=1S/C14H13N3O5S/c1-8-15-14(17-16-8)23-11(13(20)21)6-9-2-4-10(5-3-9)22-7-12(18)19/h2-6H,7H2,1H3,(H,18,19)(H,20,21)(H,15,16,17)/b11-6-. The van der Waals surface area contributed by atoms with Crippen molar-refractivity contribution in [3.05, 3.63) is 40.6 Å². The van der Waals surface area contributed by atoms with Crippen LogP contribution in [0.1, 0.15) is 11.4 Å². The highest BCUT2D eigenvalue weighted by atomic mass is 32.2. The highest BCUT2D eigenvalue weighted by Crippen LogP contribution is 2.26. The molecule has 0 unspecified atom stereocenters. The van der Waals surface area contributed by atoms with Gasteiger partial charge in [-0.1, -0.05) is 12.1 Å². The van der Waals surface area contributed by atoms with Gasteiger partial charge in [0.1, 0.15) is 16.5 Å². The Kier molecular flexibility index (Phi) is 5.36. The number of aryl methyl sites for hydroxylation is 1. The predicted molar refractivity (Wildman–Crippen MR) is 82.2 cm³/mol. The molecule has 0 aliphatic heterocycles. The van der Waals surface area contributed by atoms with E-state index in [2.05, 4.69) is 15.2 Å². The van der Waals surface area contributed by atoms with E-state index in [1.54, 1.807) is 31.2 Å². The van der Waals surface area contributed by atoms with Crippen molar-refractivity contribution in [2.45, 2.75) is 12.1 Å². The third kappa shape index (κ3) is 5.15. The number of carboxylic acid groups (broad SMARTS) is 2. The fourth-order valence-electron chi connectivity index (χ4n) is 1.56. The van der Waals surface area contributed by atoms with Gasteiger partial charge >= 0.3 is 11.9 Å². The number of hydrogen-bond donors (Lipinski definition) is 3. The van der Waals surface area contributed by atoms with E-state index in [9.17, 15) is 14.7 Å². The summed E-state index contributed by atoms with van der Waals surface area (Å²) in [5.41, 5.74) is 0.629. The van der Waals surface area contributed by atoms with Crippen LogP contribution in [-0.4, -0.2) is 43.9 Å². The van der Waals surface area contributed by atoms with Crippen molar-refractivity contribution in [2.75, 3.05) is 6.61 Å². The van der Waals surface area contributed by atoms with Gasteiger partial charge in [-0.15, -0.1) is 5.10 Å². The highest BCUT2D eigenvalue weighted by Gasteiger charge is 2.13. The molecule has 1 heterocycles. The van der Waals surface area contributed by atoms with E-state index in [1.807, 2.05) is 0 Å². The van der Waals surface area contributed by atoms with Crippen LogP contribution in [0.3, 0.4) is 0 Å². The SMILES string of the molecule is Cc1nc(S/C(=C\c2ccc(OCC(=O)O)cc2)C(=O)O)n[nH]1. The molecule has 0 spiro atoms. The number of nitrogens with one attached hydrogen (secondary N) is 1. The molecule has 0 bridgehead atoms. The van der Waals surface area contributed by atoms with E-state index < -0.39 is 18.5 Å². The molecule has 1 aromatic carbocycles. The van der Waals surface area contributed by atoms with E-state index in [1.165, 1.54) is 6.08 Å². The average molecular weight is 335 g/mol. The molecule has 0 atom stereocenters. The number of hydrogen-bond acceptors (Lipinski definition) is 6. The zero-order chi connectivity index (χ0) is 16.8. The number of aromatic nitrogens is 3. The van der Waals surface area contributed by atoms with Crippen molar-refractivity contribution < 1.29 is 24.5 Å². The van der Waals surface area contributed by atoms with Crippen LogP contribution in [0.15, 0.2) is 34.3 Å². The molecule has 23 heavy (non-hydrogen) atoms. The van der Waals surface area contributed by atoms with Gasteiger partial charge in [-0.2, -0.15) is 0 Å². The van der Waals surface area contributed by atoms with Crippen molar-refractivity contribution in [3.8, 4) is 5.75 Å². The first kappa shape index (κ1) is 16.6. The quantitative estimate of drug-likeness (QED) is 0.516. The summed E-state index contributed by atoms with van der Waals surface area (Å²) in [7, 11) is 0. The van der Waals surface area contributed by atoms with E-state index in [0.29, 0.717) is 22.3 Å². The second-order valence-corrected chi connectivity index (χ2v) is 5.38. The predicted octanol–water partition coefficient (Wildman–Crippen LogP) is 1.79. The summed E-state index contributed by atoms with van der Waals surface area (Å²) in [6.07, 6.45) is 1.47. The summed E-state index contributed by atoms with van der Waals surface area (Å²) in [4.78, 5) is 25.8. The molecule has 0 amide bonds. The lowest BCUT2D eigenvalue weighted by molar-refractivity contribution is -0.139. The topological polar surface area (TPSA) is 125 Å². The molecule has 0 aliphatic rings. The Morgan fingerprint density at radius 2 is 2.00 bits per heavy atom. The summed E-state index contributed by atoms with van der Waals surface area (Å²) in [5, 5.41) is 24.6. The van der Waals surface area contributed by atoms with Crippen LogP contribution < -0.4 is 4.74 Å². The second kappa shape index (κ2) is 7.45. The van der Waals surface area contributed by atoms with E-state index in [-0.39, 0.29) is 4.91 Å². The Balaban J connectivity index is 2.12. The van der Waals surface area contributed by atoms with E-state index >= 15 is 0 Å². The monoisotopic (exact) mass is 335 g/mol. The van der Waals surface area contributed by atoms with Gasteiger partial charge in [-0.05, 0) is 42.5 Å². The largest absolute Gasteiger partial charge is 0.482 e. The lowest BCUT2D eigenvalue weighted by Crippen LogP contribution is -2.09. The molecule has 2 rings (SSSR count). The van der Waals surface area contributed by atoms with Gasteiger partial charge in [0.05, 0.1) is 0 Å². The minimum atomic E-state index is -1.09. The first-order chi connectivity index (χ1) is 10.9. The van der Waals surface area contributed by atoms with E-state index in [4.69, 9.17) is 9.84 Å². The average Bonchev–Trinajstić information content (AvgIpc) is 2.91. The van der Waals surface area contributed by atoms with Crippen molar-refractivity contribution in [1.82, 2.24) is 15.2 Å². The number of carboxylic acids is 2. The molecule has 9 heteroatoms. The maximum Gasteiger partial charge on any atom is 0.342 e. The molecule has 1 aromatic heterocycles. The number of nitrogens with zero attached hydrogens (tertiary/aromatic N) is 2. The Morgan fingerprint density at radius 1 is 1.30 bits per heavy atom. The highest BCUT2D eigenvalue weighted by molar-refractivity contribution is 8.04. The minimum absolute atomic E-state index is 0.0585. The number of benzene rings is 1. The summed E-state index contributed by atoms with van der Waals surface area (Å²) in [6.45, 7) is 1.28. The summed E-state index contributed by atoms with van der Waals surface area (Å²) in [5.74, 6) is -1.18. The first-order valence-electron chi connectivity index (χ1n) is 6.40. The van der Waals surface area contributed by atoms with Crippen LogP contribution in [0.4, 0.5) is 0 Å². The van der Waals surface area contributed by atoms with Crippen LogP contribution in [0.5, 0.6) is 5.75 Å². The van der Waals surface area contributed by atoms with Gasteiger partial charge in [0.2, 0.25) is 5.16 Å². The minimum Gasteiger partial charge on any atom is -0.482 e. The van der Waals surface area contributed by atoms with Gasteiger partial charge in [0, 0.05) is 0 Å². The van der Waals surface area contributed by atoms with Gasteiger partial charge in [0.25, 0.3) is 0 Å². The number of carbonyl (C=O) groups is 2. The molecular weight excluding hydrogens is 322 g/mol. The number of H-pyrrole nitrogens is 1. The number of aliphatic carboxylic acids is 2. The Labute approximate surface area is 135 Å². The molecule has 2 aromatic rings. The Bertz CT molecular complexity index is 739. The fraction of sp³-hybridized carbons (Fsp3) is 0.143.